The summed E-state index contributed by atoms with van der Waals surface area (Å²) < 4.78 is 0. The van der Waals surface area contributed by atoms with Crippen LogP contribution in [0.1, 0.15) is 0 Å². The maximum absolute atomic E-state index is 12.8. The summed E-state index contributed by atoms with van der Waals surface area (Å²) in [5.41, 5.74) is 1.14. The van der Waals surface area contributed by atoms with E-state index in [1.165, 1.54) is 16.8 Å². The van der Waals surface area contributed by atoms with Crippen LogP contribution < -0.4 is 4.90 Å². The van der Waals surface area contributed by atoms with Crippen LogP contribution in [0.2, 0.25) is 0 Å². The van der Waals surface area contributed by atoms with E-state index in [1.54, 1.807) is 7.05 Å². The van der Waals surface area contributed by atoms with E-state index in [0.29, 0.717) is 19.0 Å². The molecule has 2 saturated heterocycles. The van der Waals surface area contributed by atoms with Gasteiger partial charge in [-0.2, -0.15) is 0 Å². The fourth-order valence-corrected chi connectivity index (χ4v) is 4.13. The Morgan fingerprint density at radius 2 is 1.69 bits per heavy atom. The number of nitrogens with zero attached hydrogens (tertiary/aromatic N) is 6. The van der Waals surface area contributed by atoms with Crippen molar-refractivity contribution in [1.29, 1.82) is 0 Å². The number of carboxylic acid groups (broad SMARTS) is 1. The molecular weight excluding hydrogens is 376 g/mol. The van der Waals surface area contributed by atoms with Crippen LogP contribution >= 0.6 is 0 Å². The highest BCUT2D eigenvalue weighted by Gasteiger charge is 2.52. The fraction of sp³-hybridized carbons (Fsp3) is 0.474. The van der Waals surface area contributed by atoms with Crippen molar-refractivity contribution in [2.24, 2.45) is 4.99 Å². The van der Waals surface area contributed by atoms with Gasteiger partial charge in [0, 0.05) is 46.0 Å². The van der Waals surface area contributed by atoms with E-state index < -0.39 is 30.1 Å². The quantitative estimate of drug-likeness (QED) is 0.749. The number of guanidine groups is 1. The summed E-state index contributed by atoms with van der Waals surface area (Å²) in [5.74, 6) is -1.00. The van der Waals surface area contributed by atoms with Crippen LogP contribution in [0.15, 0.2) is 35.3 Å². The van der Waals surface area contributed by atoms with Crippen LogP contribution in [0.4, 0.5) is 10.5 Å². The Morgan fingerprint density at radius 3 is 2.31 bits per heavy atom. The van der Waals surface area contributed by atoms with E-state index >= 15 is 0 Å². The van der Waals surface area contributed by atoms with Gasteiger partial charge in [-0.05, 0) is 12.1 Å². The first-order valence-corrected chi connectivity index (χ1v) is 9.54. The molecule has 1 N–H and O–H groups in total. The summed E-state index contributed by atoms with van der Waals surface area (Å²) in [7, 11) is 2.99. The third kappa shape index (κ3) is 3.24. The summed E-state index contributed by atoms with van der Waals surface area (Å²) in [6, 6.07) is 8.83. The number of carbonyl (C=O) groups is 3. The van der Waals surface area contributed by atoms with Gasteiger partial charge >= 0.3 is 12.0 Å². The summed E-state index contributed by atoms with van der Waals surface area (Å²) in [6.07, 6.45) is -0.715. The fourth-order valence-electron chi connectivity index (χ4n) is 4.13. The van der Waals surface area contributed by atoms with E-state index in [1.807, 2.05) is 23.1 Å². The Balaban J connectivity index is 1.56. The highest BCUT2D eigenvalue weighted by atomic mass is 16.4. The number of piperazine rings is 1. The number of imide groups is 1. The molecule has 0 radical (unpaired) electrons. The van der Waals surface area contributed by atoms with Crippen molar-refractivity contribution in [3.63, 3.8) is 0 Å². The minimum atomic E-state index is -1.05. The molecule has 10 nitrogen and oxygen atoms in total. The van der Waals surface area contributed by atoms with E-state index in [-0.39, 0.29) is 6.54 Å². The SMILES string of the molecule is CN1C(=O)C2C(N=C(N3CCN(c4ccccc4)CC3)N2CC(=O)O)N(C)C1=O. The number of benzene rings is 1. The second-order valence-electron chi connectivity index (χ2n) is 7.41. The zero-order valence-electron chi connectivity index (χ0n) is 16.4. The lowest BCUT2D eigenvalue weighted by atomic mass is 10.1. The minimum Gasteiger partial charge on any atom is -0.480 e. The molecule has 2 atom stereocenters. The first kappa shape index (κ1) is 19.0. The maximum Gasteiger partial charge on any atom is 0.328 e. The molecule has 3 heterocycles. The molecule has 3 aliphatic heterocycles. The topological polar surface area (TPSA) is 100 Å². The lowest BCUT2D eigenvalue weighted by molar-refractivity contribution is -0.141. The molecule has 3 aliphatic rings. The van der Waals surface area contributed by atoms with E-state index in [2.05, 4.69) is 22.0 Å². The molecule has 4 rings (SSSR count). The summed E-state index contributed by atoms with van der Waals surface area (Å²) in [4.78, 5) is 49.4. The second kappa shape index (κ2) is 7.26. The van der Waals surface area contributed by atoms with E-state index in [4.69, 9.17) is 0 Å². The number of aliphatic carboxylic acids is 1. The Morgan fingerprint density at radius 1 is 1.07 bits per heavy atom. The van der Waals surface area contributed by atoms with Gasteiger partial charge < -0.3 is 24.7 Å². The van der Waals surface area contributed by atoms with Gasteiger partial charge in [0.05, 0.1) is 0 Å². The summed E-state index contributed by atoms with van der Waals surface area (Å²) >= 11 is 0. The minimum absolute atomic E-state index is 0.347. The zero-order valence-corrected chi connectivity index (χ0v) is 16.4. The van der Waals surface area contributed by atoms with Gasteiger partial charge in [-0.1, -0.05) is 18.2 Å². The highest BCUT2D eigenvalue weighted by molar-refractivity contribution is 6.04. The number of anilines is 1. The molecule has 2 fully saturated rings. The predicted octanol–water partition coefficient (Wildman–Crippen LogP) is -0.217. The van der Waals surface area contributed by atoms with Gasteiger partial charge in [0.1, 0.15) is 6.54 Å². The van der Waals surface area contributed by atoms with Crippen molar-refractivity contribution in [1.82, 2.24) is 19.6 Å². The number of amides is 3. The number of fused-ring (bicyclic) bond motifs is 1. The molecule has 0 spiro atoms. The number of hydrogen-bond donors (Lipinski definition) is 1. The van der Waals surface area contributed by atoms with E-state index in [9.17, 15) is 19.5 Å². The monoisotopic (exact) mass is 400 g/mol. The third-order valence-electron chi connectivity index (χ3n) is 5.68. The van der Waals surface area contributed by atoms with Crippen LogP contribution in [-0.2, 0) is 9.59 Å². The van der Waals surface area contributed by atoms with Gasteiger partial charge in [0.25, 0.3) is 5.91 Å². The van der Waals surface area contributed by atoms with Crippen molar-refractivity contribution in [3.8, 4) is 0 Å². The molecule has 0 aromatic heterocycles. The molecule has 0 saturated carbocycles. The third-order valence-corrected chi connectivity index (χ3v) is 5.68. The Hall–Kier alpha value is -3.30. The first-order chi connectivity index (χ1) is 13.9. The molecule has 10 heteroatoms. The van der Waals surface area contributed by atoms with Crippen molar-refractivity contribution in [3.05, 3.63) is 30.3 Å². The van der Waals surface area contributed by atoms with Gasteiger partial charge in [-0.25, -0.2) is 9.79 Å². The average molecular weight is 400 g/mol. The van der Waals surface area contributed by atoms with Crippen molar-refractivity contribution < 1.29 is 19.5 Å². The van der Waals surface area contributed by atoms with Crippen molar-refractivity contribution in [2.45, 2.75) is 12.2 Å². The van der Waals surface area contributed by atoms with Crippen LogP contribution in [0.25, 0.3) is 0 Å². The summed E-state index contributed by atoms with van der Waals surface area (Å²) in [6.45, 7) is 2.44. The Labute approximate surface area is 168 Å². The molecule has 1 aromatic rings. The number of para-hydroxylation sites is 1. The van der Waals surface area contributed by atoms with Crippen LogP contribution in [-0.4, -0.2) is 108 Å². The Kier molecular flexibility index (Phi) is 4.77. The van der Waals surface area contributed by atoms with Gasteiger partial charge in [0.2, 0.25) is 0 Å². The van der Waals surface area contributed by atoms with Crippen molar-refractivity contribution >= 4 is 29.6 Å². The van der Waals surface area contributed by atoms with Gasteiger partial charge in [-0.3, -0.25) is 14.5 Å². The van der Waals surface area contributed by atoms with E-state index in [0.717, 1.165) is 23.7 Å². The Bertz CT molecular complexity index is 852. The molecule has 29 heavy (non-hydrogen) atoms. The molecule has 0 aliphatic carbocycles. The lowest BCUT2D eigenvalue weighted by Crippen LogP contribution is -2.65. The highest BCUT2D eigenvalue weighted by Crippen LogP contribution is 2.28. The number of likely N-dealkylation sites (N-methyl/N-ethyl adjacent to an activating group) is 2. The standard InChI is InChI=1S/C19H24N6O4/c1-21-16-15(17(28)22(2)19(21)29)25(12-14(26)27)18(20-16)24-10-8-23(9-11-24)13-6-4-3-5-7-13/h3-7,15-16H,8-12H2,1-2H3,(H,26,27). The lowest BCUT2D eigenvalue weighted by Gasteiger charge is -2.41. The second-order valence-corrected chi connectivity index (χ2v) is 7.41. The van der Waals surface area contributed by atoms with Crippen LogP contribution in [0, 0.1) is 0 Å². The summed E-state index contributed by atoms with van der Waals surface area (Å²) in [5, 5.41) is 9.41. The predicted molar refractivity (Wildman–Crippen MR) is 106 cm³/mol. The van der Waals surface area contributed by atoms with Gasteiger partial charge in [-0.15, -0.1) is 0 Å². The molecular formula is C19H24N6O4. The number of carboxylic acids is 1. The largest absolute Gasteiger partial charge is 0.480 e. The average Bonchev–Trinajstić information content (AvgIpc) is 3.10. The maximum atomic E-state index is 12.8. The number of hydrogen-bond acceptors (Lipinski definition) is 7. The molecule has 2 unspecified atom stereocenters. The number of rotatable bonds is 3. The smallest absolute Gasteiger partial charge is 0.328 e. The number of aliphatic imine (C=N–C) groups is 1. The van der Waals surface area contributed by atoms with Crippen LogP contribution in [0.5, 0.6) is 0 Å². The van der Waals surface area contributed by atoms with Crippen molar-refractivity contribution in [2.75, 3.05) is 51.7 Å². The number of carbonyl (C=O) groups excluding carboxylic acids is 2. The zero-order chi connectivity index (χ0) is 20.7. The number of urea groups is 1. The van der Waals surface area contributed by atoms with Crippen LogP contribution in [0.3, 0.4) is 0 Å². The molecule has 0 bridgehead atoms. The normalized spacial score (nSPS) is 24.8. The molecule has 1 aromatic carbocycles. The molecule has 154 valence electrons. The van der Waals surface area contributed by atoms with Gasteiger partial charge in [0.15, 0.2) is 18.2 Å². The first-order valence-electron chi connectivity index (χ1n) is 9.54. The molecule has 3 amide bonds.